The molecule has 0 N–H and O–H groups in total. The fourth-order valence-electron chi connectivity index (χ4n) is 3.67. The van der Waals surface area contributed by atoms with Crippen LogP contribution in [0.25, 0.3) is 0 Å². The van der Waals surface area contributed by atoms with E-state index in [1.54, 1.807) is 17.1 Å². The minimum atomic E-state index is 0.0443. The van der Waals surface area contributed by atoms with Crippen LogP contribution in [0.5, 0.6) is 0 Å². The highest BCUT2D eigenvalue weighted by atomic mass is 16.2. The number of nitrogens with zero attached hydrogens (tertiary/aromatic N) is 5. The Labute approximate surface area is 149 Å². The van der Waals surface area contributed by atoms with Crippen molar-refractivity contribution in [2.24, 2.45) is 7.05 Å². The third-order valence-electron chi connectivity index (χ3n) is 4.97. The van der Waals surface area contributed by atoms with Crippen molar-refractivity contribution >= 4 is 5.91 Å². The Morgan fingerprint density at radius 1 is 1.36 bits per heavy atom. The zero-order valence-electron chi connectivity index (χ0n) is 15.4. The summed E-state index contributed by atoms with van der Waals surface area (Å²) >= 11 is 0. The van der Waals surface area contributed by atoms with E-state index in [1.165, 1.54) is 6.42 Å². The summed E-state index contributed by atoms with van der Waals surface area (Å²) in [4.78, 5) is 21.7. The van der Waals surface area contributed by atoms with Crippen molar-refractivity contribution in [1.82, 2.24) is 24.6 Å². The number of hydrogen-bond donors (Lipinski definition) is 0. The highest BCUT2D eigenvalue weighted by Gasteiger charge is 2.28. The smallest absolute Gasteiger partial charge is 0.272 e. The fourth-order valence-corrected chi connectivity index (χ4v) is 3.67. The molecule has 0 aromatic carbocycles. The summed E-state index contributed by atoms with van der Waals surface area (Å²) in [7, 11) is 1.83. The molecule has 0 spiro atoms. The maximum atomic E-state index is 13.2. The number of aromatic nitrogens is 3. The molecule has 6 nitrogen and oxygen atoms in total. The molecule has 0 saturated carbocycles. The second kappa shape index (κ2) is 7.78. The van der Waals surface area contributed by atoms with E-state index in [9.17, 15) is 4.79 Å². The number of hydrogen-bond acceptors (Lipinski definition) is 4. The van der Waals surface area contributed by atoms with Gasteiger partial charge in [-0.05, 0) is 56.6 Å². The fraction of sp³-hybridized carbons (Fsp3) is 0.526. The van der Waals surface area contributed by atoms with E-state index >= 15 is 0 Å². The van der Waals surface area contributed by atoms with Crippen molar-refractivity contribution in [3.8, 4) is 0 Å². The first kappa shape index (κ1) is 17.6. The van der Waals surface area contributed by atoms with Crippen LogP contribution >= 0.6 is 0 Å². The van der Waals surface area contributed by atoms with Gasteiger partial charge in [0.15, 0.2) is 0 Å². The normalized spacial score (nSPS) is 17.8. The molecular weight excluding hydrogens is 314 g/mol. The zero-order valence-corrected chi connectivity index (χ0v) is 15.4. The lowest BCUT2D eigenvalue weighted by Gasteiger charge is -2.30. The summed E-state index contributed by atoms with van der Waals surface area (Å²) in [6.07, 6.45) is 5.92. The van der Waals surface area contributed by atoms with E-state index < -0.39 is 0 Å². The van der Waals surface area contributed by atoms with Crippen LogP contribution in [-0.2, 0) is 13.6 Å². The minimum absolute atomic E-state index is 0.0443. The van der Waals surface area contributed by atoms with E-state index in [4.69, 9.17) is 0 Å². The maximum Gasteiger partial charge on any atom is 0.272 e. The molecule has 1 amide bonds. The van der Waals surface area contributed by atoms with Crippen LogP contribution in [0, 0.1) is 6.92 Å². The van der Waals surface area contributed by atoms with Gasteiger partial charge in [-0.1, -0.05) is 6.92 Å². The van der Waals surface area contributed by atoms with Gasteiger partial charge in [0.05, 0.1) is 5.69 Å². The van der Waals surface area contributed by atoms with Crippen molar-refractivity contribution in [2.75, 3.05) is 19.6 Å². The minimum Gasteiger partial charge on any atom is -0.331 e. The Balaban J connectivity index is 1.83. The zero-order chi connectivity index (χ0) is 17.8. The van der Waals surface area contributed by atoms with Crippen molar-refractivity contribution in [3.63, 3.8) is 0 Å². The topological polar surface area (TPSA) is 54.3 Å². The van der Waals surface area contributed by atoms with Crippen LogP contribution in [0.2, 0.25) is 0 Å². The van der Waals surface area contributed by atoms with Gasteiger partial charge in [0.2, 0.25) is 0 Å². The first-order valence-corrected chi connectivity index (χ1v) is 9.01. The van der Waals surface area contributed by atoms with Crippen LogP contribution in [0.4, 0.5) is 0 Å². The van der Waals surface area contributed by atoms with E-state index in [-0.39, 0.29) is 5.91 Å². The molecule has 3 heterocycles. The molecule has 2 aromatic rings. The van der Waals surface area contributed by atoms with Crippen LogP contribution < -0.4 is 0 Å². The number of pyridine rings is 1. The average molecular weight is 341 g/mol. The van der Waals surface area contributed by atoms with Crippen LogP contribution in [0.3, 0.4) is 0 Å². The molecule has 1 atom stereocenters. The van der Waals surface area contributed by atoms with Crippen LogP contribution in [0.15, 0.2) is 30.6 Å². The second-order valence-electron chi connectivity index (χ2n) is 6.76. The Bertz CT molecular complexity index is 712. The van der Waals surface area contributed by atoms with Crippen LogP contribution in [0.1, 0.15) is 41.5 Å². The number of aryl methyl sites for hydroxylation is 2. The third-order valence-corrected chi connectivity index (χ3v) is 4.97. The lowest BCUT2D eigenvalue weighted by molar-refractivity contribution is 0.0681. The summed E-state index contributed by atoms with van der Waals surface area (Å²) in [5.41, 5.74) is 2.61. The molecule has 0 radical (unpaired) electrons. The lowest BCUT2D eigenvalue weighted by Crippen LogP contribution is -2.43. The molecule has 0 aliphatic carbocycles. The molecule has 0 unspecified atom stereocenters. The van der Waals surface area contributed by atoms with Gasteiger partial charge in [0.25, 0.3) is 5.91 Å². The highest BCUT2D eigenvalue weighted by molar-refractivity contribution is 5.92. The maximum absolute atomic E-state index is 13.2. The van der Waals surface area contributed by atoms with E-state index in [1.807, 2.05) is 37.1 Å². The SMILES string of the molecule is CCN1CCC[C@@H]1CN(Cc1ccncc1)C(=O)c1cc(C)nn1C. The van der Waals surface area contributed by atoms with Gasteiger partial charge < -0.3 is 4.90 Å². The van der Waals surface area contributed by atoms with Crippen molar-refractivity contribution in [1.29, 1.82) is 0 Å². The quantitative estimate of drug-likeness (QED) is 0.809. The summed E-state index contributed by atoms with van der Waals surface area (Å²) in [5, 5.41) is 4.33. The van der Waals surface area contributed by atoms with Gasteiger partial charge in [0, 0.05) is 38.6 Å². The Morgan fingerprint density at radius 2 is 2.12 bits per heavy atom. The van der Waals surface area contributed by atoms with Crippen molar-refractivity contribution < 1.29 is 4.79 Å². The standard InChI is InChI=1S/C19H27N5O/c1-4-23-11-5-6-17(23)14-24(13-16-7-9-20-10-8-16)19(25)18-12-15(2)21-22(18)3/h7-10,12,17H,4-6,11,13-14H2,1-3H3/t17-/m1/s1. The lowest BCUT2D eigenvalue weighted by atomic mass is 10.1. The monoisotopic (exact) mass is 341 g/mol. The largest absolute Gasteiger partial charge is 0.331 e. The van der Waals surface area contributed by atoms with Gasteiger partial charge >= 0.3 is 0 Å². The summed E-state index contributed by atoms with van der Waals surface area (Å²) in [5.74, 6) is 0.0443. The second-order valence-corrected chi connectivity index (χ2v) is 6.76. The van der Waals surface area contributed by atoms with E-state index in [2.05, 4.69) is 21.9 Å². The number of likely N-dealkylation sites (N-methyl/N-ethyl adjacent to an activating group) is 1. The van der Waals surface area contributed by atoms with E-state index in [0.29, 0.717) is 18.3 Å². The van der Waals surface area contributed by atoms with Crippen LogP contribution in [-0.4, -0.2) is 56.1 Å². The first-order valence-electron chi connectivity index (χ1n) is 9.01. The summed E-state index contributed by atoms with van der Waals surface area (Å²) in [6.45, 7) is 7.62. The summed E-state index contributed by atoms with van der Waals surface area (Å²) in [6, 6.07) is 6.25. The predicted octanol–water partition coefficient (Wildman–Crippen LogP) is 2.25. The molecular formula is C19H27N5O. The Morgan fingerprint density at radius 3 is 2.76 bits per heavy atom. The van der Waals surface area contributed by atoms with Gasteiger partial charge in [-0.2, -0.15) is 5.10 Å². The number of carbonyl (C=O) groups excluding carboxylic acids is 1. The molecule has 1 aliphatic heterocycles. The molecule has 134 valence electrons. The predicted molar refractivity (Wildman–Crippen MR) is 97.2 cm³/mol. The number of amides is 1. The van der Waals surface area contributed by atoms with Gasteiger partial charge in [-0.25, -0.2) is 0 Å². The molecule has 25 heavy (non-hydrogen) atoms. The van der Waals surface area contributed by atoms with Crippen molar-refractivity contribution in [2.45, 2.75) is 39.3 Å². The number of likely N-dealkylation sites (tertiary alicyclic amines) is 1. The Kier molecular flexibility index (Phi) is 5.48. The van der Waals surface area contributed by atoms with E-state index in [0.717, 1.165) is 37.3 Å². The number of rotatable bonds is 6. The molecule has 1 saturated heterocycles. The average Bonchev–Trinajstić information content (AvgIpc) is 3.20. The molecule has 3 rings (SSSR count). The first-order chi connectivity index (χ1) is 12.1. The molecule has 2 aromatic heterocycles. The van der Waals surface area contributed by atoms with Gasteiger partial charge in [0.1, 0.15) is 5.69 Å². The van der Waals surface area contributed by atoms with Gasteiger partial charge in [-0.15, -0.1) is 0 Å². The molecule has 6 heteroatoms. The number of carbonyl (C=O) groups is 1. The summed E-state index contributed by atoms with van der Waals surface area (Å²) < 4.78 is 1.68. The molecule has 1 fully saturated rings. The molecule has 0 bridgehead atoms. The van der Waals surface area contributed by atoms with Crippen molar-refractivity contribution in [3.05, 3.63) is 47.5 Å². The molecule has 1 aliphatic rings. The highest BCUT2D eigenvalue weighted by Crippen LogP contribution is 2.20. The Hall–Kier alpha value is -2.21. The third kappa shape index (κ3) is 4.07. The van der Waals surface area contributed by atoms with Gasteiger partial charge in [-0.3, -0.25) is 19.4 Å².